The van der Waals surface area contributed by atoms with Crippen LogP contribution in [0.25, 0.3) is 0 Å². The van der Waals surface area contributed by atoms with Crippen LogP contribution in [0, 0.1) is 6.92 Å². The maximum absolute atomic E-state index is 13.3. The Bertz CT molecular complexity index is 597. The van der Waals surface area contributed by atoms with Gasteiger partial charge in [0.1, 0.15) is 6.04 Å². The molecule has 0 aliphatic heterocycles. The standard InChI is InChI=1S/C13H13ClF3N3O/c1-8-18-11(19-21-8)7-20(2)12(13(15,16)17)9-3-5-10(14)6-4-9/h3-6,12H,7H2,1-2H3. The second-order valence-corrected chi connectivity index (χ2v) is 5.08. The van der Waals surface area contributed by atoms with Gasteiger partial charge < -0.3 is 4.52 Å². The van der Waals surface area contributed by atoms with E-state index in [9.17, 15) is 13.2 Å². The molecule has 2 aromatic rings. The van der Waals surface area contributed by atoms with E-state index in [1.807, 2.05) is 0 Å². The number of nitrogens with zero attached hydrogens (tertiary/aromatic N) is 3. The molecule has 0 radical (unpaired) electrons. The molecule has 0 fully saturated rings. The molecule has 2 rings (SSSR count). The highest BCUT2D eigenvalue weighted by atomic mass is 35.5. The number of benzene rings is 1. The summed E-state index contributed by atoms with van der Waals surface area (Å²) in [5.41, 5.74) is 0.106. The van der Waals surface area contributed by atoms with Crippen LogP contribution < -0.4 is 0 Å². The molecule has 1 aromatic heterocycles. The lowest BCUT2D eigenvalue weighted by molar-refractivity contribution is -0.184. The Balaban J connectivity index is 2.25. The summed E-state index contributed by atoms with van der Waals surface area (Å²) in [7, 11) is 1.36. The van der Waals surface area contributed by atoms with Crippen LogP contribution in [0.1, 0.15) is 23.3 Å². The molecule has 8 heteroatoms. The topological polar surface area (TPSA) is 42.2 Å². The molecule has 1 aromatic carbocycles. The van der Waals surface area contributed by atoms with Crippen molar-refractivity contribution in [3.8, 4) is 0 Å². The lowest BCUT2D eigenvalue weighted by atomic mass is 10.1. The van der Waals surface area contributed by atoms with Gasteiger partial charge in [0.2, 0.25) is 5.89 Å². The van der Waals surface area contributed by atoms with Gasteiger partial charge >= 0.3 is 6.18 Å². The number of alkyl halides is 3. The van der Waals surface area contributed by atoms with E-state index < -0.39 is 12.2 Å². The van der Waals surface area contributed by atoms with Crippen molar-refractivity contribution in [1.82, 2.24) is 15.0 Å². The second kappa shape index (κ2) is 6.03. The first-order chi connectivity index (χ1) is 9.77. The van der Waals surface area contributed by atoms with Gasteiger partial charge in [-0.05, 0) is 24.7 Å². The molecule has 0 N–H and O–H groups in total. The lowest BCUT2D eigenvalue weighted by Crippen LogP contribution is -2.35. The van der Waals surface area contributed by atoms with Gasteiger partial charge in [-0.1, -0.05) is 28.9 Å². The predicted octanol–water partition coefficient (Wildman–Crippen LogP) is 3.77. The maximum Gasteiger partial charge on any atom is 0.408 e. The minimum Gasteiger partial charge on any atom is -0.340 e. The maximum atomic E-state index is 13.3. The quantitative estimate of drug-likeness (QED) is 0.860. The molecule has 0 saturated carbocycles. The molecule has 0 saturated heterocycles. The molecule has 1 unspecified atom stereocenters. The van der Waals surface area contributed by atoms with Crippen molar-refractivity contribution in [2.75, 3.05) is 7.05 Å². The molecule has 21 heavy (non-hydrogen) atoms. The van der Waals surface area contributed by atoms with Crippen molar-refractivity contribution in [3.63, 3.8) is 0 Å². The van der Waals surface area contributed by atoms with Gasteiger partial charge in [-0.15, -0.1) is 0 Å². The van der Waals surface area contributed by atoms with E-state index in [2.05, 4.69) is 10.1 Å². The van der Waals surface area contributed by atoms with E-state index in [-0.39, 0.29) is 17.9 Å². The SMILES string of the molecule is Cc1nc(CN(C)C(c2ccc(Cl)cc2)C(F)(F)F)no1. The number of hydrogen-bond acceptors (Lipinski definition) is 4. The first kappa shape index (κ1) is 15.8. The van der Waals surface area contributed by atoms with Crippen LogP contribution in [0.4, 0.5) is 13.2 Å². The second-order valence-electron chi connectivity index (χ2n) is 4.64. The molecule has 0 spiro atoms. The molecule has 0 amide bonds. The van der Waals surface area contributed by atoms with E-state index in [4.69, 9.17) is 16.1 Å². The molecular formula is C13H13ClF3N3O. The molecular weight excluding hydrogens is 307 g/mol. The first-order valence-corrected chi connectivity index (χ1v) is 6.47. The Labute approximate surface area is 124 Å². The molecule has 1 atom stereocenters. The average molecular weight is 320 g/mol. The van der Waals surface area contributed by atoms with Crippen molar-refractivity contribution in [1.29, 1.82) is 0 Å². The highest BCUT2D eigenvalue weighted by Crippen LogP contribution is 2.37. The minimum absolute atomic E-state index is 0.0792. The number of aryl methyl sites for hydroxylation is 1. The highest BCUT2D eigenvalue weighted by Gasteiger charge is 2.43. The largest absolute Gasteiger partial charge is 0.408 e. The van der Waals surface area contributed by atoms with Gasteiger partial charge in [-0.2, -0.15) is 18.2 Å². The van der Waals surface area contributed by atoms with Gasteiger partial charge in [0.05, 0.1) is 6.54 Å². The first-order valence-electron chi connectivity index (χ1n) is 6.09. The van der Waals surface area contributed by atoms with Gasteiger partial charge in [0.15, 0.2) is 5.82 Å². The predicted molar refractivity (Wildman–Crippen MR) is 70.8 cm³/mol. The number of halogens is 4. The van der Waals surface area contributed by atoms with Crippen LogP contribution in [0.3, 0.4) is 0 Å². The zero-order valence-corrected chi connectivity index (χ0v) is 12.1. The summed E-state index contributed by atoms with van der Waals surface area (Å²) >= 11 is 5.72. The van der Waals surface area contributed by atoms with E-state index in [0.29, 0.717) is 10.9 Å². The summed E-state index contributed by atoms with van der Waals surface area (Å²) in [5.74, 6) is 0.520. The van der Waals surface area contributed by atoms with Crippen molar-refractivity contribution in [3.05, 3.63) is 46.6 Å². The van der Waals surface area contributed by atoms with Crippen LogP contribution in [-0.2, 0) is 6.54 Å². The highest BCUT2D eigenvalue weighted by molar-refractivity contribution is 6.30. The van der Waals surface area contributed by atoms with Crippen LogP contribution in [0.15, 0.2) is 28.8 Å². The Hall–Kier alpha value is -1.60. The van der Waals surface area contributed by atoms with Crippen molar-refractivity contribution >= 4 is 11.6 Å². The summed E-state index contributed by atoms with van der Waals surface area (Å²) in [4.78, 5) is 5.03. The minimum atomic E-state index is -4.43. The van der Waals surface area contributed by atoms with Crippen molar-refractivity contribution in [2.24, 2.45) is 0 Å². The van der Waals surface area contributed by atoms with Gasteiger partial charge in [0, 0.05) is 11.9 Å². The fourth-order valence-corrected chi connectivity index (χ4v) is 2.18. The number of hydrogen-bond donors (Lipinski definition) is 0. The van der Waals surface area contributed by atoms with Gasteiger partial charge in [0.25, 0.3) is 0 Å². The van der Waals surface area contributed by atoms with Crippen LogP contribution >= 0.6 is 11.6 Å². The third-order valence-electron chi connectivity index (χ3n) is 2.90. The average Bonchev–Trinajstić information content (AvgIpc) is 2.76. The summed E-state index contributed by atoms with van der Waals surface area (Å²) in [6, 6.07) is 3.81. The number of rotatable bonds is 4. The van der Waals surface area contributed by atoms with E-state index in [1.54, 1.807) is 6.92 Å². The van der Waals surface area contributed by atoms with Crippen molar-refractivity contribution in [2.45, 2.75) is 25.7 Å². The summed E-state index contributed by atoms with van der Waals surface area (Å²) in [6.45, 7) is 1.50. The van der Waals surface area contributed by atoms with E-state index >= 15 is 0 Å². The molecule has 0 bridgehead atoms. The van der Waals surface area contributed by atoms with E-state index in [1.165, 1.54) is 31.3 Å². The van der Waals surface area contributed by atoms with Crippen LogP contribution in [0.5, 0.6) is 0 Å². The molecule has 0 aliphatic rings. The van der Waals surface area contributed by atoms with E-state index in [0.717, 1.165) is 4.90 Å². The normalized spacial score (nSPS) is 13.7. The Morgan fingerprint density at radius 2 is 1.90 bits per heavy atom. The lowest BCUT2D eigenvalue weighted by Gasteiger charge is -2.29. The van der Waals surface area contributed by atoms with Gasteiger partial charge in [-0.3, -0.25) is 4.90 Å². The molecule has 114 valence electrons. The number of aromatic nitrogens is 2. The third kappa shape index (κ3) is 3.95. The summed E-state index contributed by atoms with van der Waals surface area (Å²) in [6.07, 6.45) is -4.43. The van der Waals surface area contributed by atoms with Crippen LogP contribution in [-0.4, -0.2) is 28.3 Å². The Morgan fingerprint density at radius 3 is 2.38 bits per heavy atom. The van der Waals surface area contributed by atoms with Gasteiger partial charge in [-0.25, -0.2) is 0 Å². The zero-order valence-electron chi connectivity index (χ0n) is 11.4. The summed E-state index contributed by atoms with van der Waals surface area (Å²) in [5, 5.41) is 4.00. The monoisotopic (exact) mass is 319 g/mol. The Kier molecular flexibility index (Phi) is 4.53. The Morgan fingerprint density at radius 1 is 1.29 bits per heavy atom. The van der Waals surface area contributed by atoms with Crippen molar-refractivity contribution < 1.29 is 17.7 Å². The zero-order chi connectivity index (χ0) is 15.6. The fraction of sp³-hybridized carbons (Fsp3) is 0.385. The fourth-order valence-electron chi connectivity index (χ4n) is 2.06. The van der Waals surface area contributed by atoms with Crippen LogP contribution in [0.2, 0.25) is 5.02 Å². The summed E-state index contributed by atoms with van der Waals surface area (Å²) < 4.78 is 44.7. The third-order valence-corrected chi connectivity index (χ3v) is 3.15. The molecule has 4 nitrogen and oxygen atoms in total. The molecule has 0 aliphatic carbocycles. The molecule has 1 heterocycles. The smallest absolute Gasteiger partial charge is 0.340 e.